The molecule has 4 aromatic rings. The molecule has 0 heterocycles. The highest BCUT2D eigenvalue weighted by atomic mass is 16.5. The van der Waals surface area contributed by atoms with Gasteiger partial charge in [-0.15, -0.1) is 0 Å². The van der Waals surface area contributed by atoms with Gasteiger partial charge in [0.05, 0.1) is 13.2 Å². The maximum absolute atomic E-state index is 6.13. The number of rotatable bonds is 17. The van der Waals surface area contributed by atoms with Crippen molar-refractivity contribution in [1.82, 2.24) is 0 Å². The average molecular weight is 549 g/mol. The van der Waals surface area contributed by atoms with Gasteiger partial charge in [-0.1, -0.05) is 106 Å². The summed E-state index contributed by atoms with van der Waals surface area (Å²) >= 11 is 0. The molecule has 0 N–H and O–H groups in total. The minimum Gasteiger partial charge on any atom is -0.494 e. The Balaban J connectivity index is 1.15. The van der Waals surface area contributed by atoms with Crippen LogP contribution < -0.4 is 9.47 Å². The first-order valence-electron chi connectivity index (χ1n) is 15.5. The zero-order valence-electron chi connectivity index (χ0n) is 25.4. The number of hydrogen-bond acceptors (Lipinski definition) is 2. The van der Waals surface area contributed by atoms with E-state index in [0.29, 0.717) is 5.92 Å². The molecule has 1 unspecified atom stereocenters. The fourth-order valence-electron chi connectivity index (χ4n) is 5.64. The van der Waals surface area contributed by atoms with Crippen molar-refractivity contribution in [2.75, 3.05) is 13.2 Å². The molecule has 41 heavy (non-hydrogen) atoms. The SMILES string of the molecule is CC(CCc1ccc(OCCCCc2ccccc2)cc1)CC(C)(C)c1cccc(OCCCc2ccccc2)c1. The Bertz CT molecular complexity index is 1260. The van der Waals surface area contributed by atoms with Crippen molar-refractivity contribution in [3.8, 4) is 11.5 Å². The molecular weight excluding hydrogens is 500 g/mol. The second kappa shape index (κ2) is 16.1. The molecule has 1 atom stereocenters. The van der Waals surface area contributed by atoms with E-state index in [0.717, 1.165) is 69.7 Å². The average Bonchev–Trinajstić information content (AvgIpc) is 3.00. The molecule has 2 nitrogen and oxygen atoms in total. The maximum Gasteiger partial charge on any atom is 0.119 e. The number of benzene rings is 4. The Hall–Kier alpha value is -3.52. The van der Waals surface area contributed by atoms with Crippen LogP contribution in [0.4, 0.5) is 0 Å². The Labute approximate surface area is 248 Å². The summed E-state index contributed by atoms with van der Waals surface area (Å²) in [5.74, 6) is 2.58. The van der Waals surface area contributed by atoms with Gasteiger partial charge in [0.25, 0.3) is 0 Å². The molecule has 4 aromatic carbocycles. The third-order valence-corrected chi connectivity index (χ3v) is 8.02. The molecule has 4 rings (SSSR count). The Morgan fingerprint density at radius 3 is 1.83 bits per heavy atom. The van der Waals surface area contributed by atoms with E-state index in [2.05, 4.69) is 130 Å². The van der Waals surface area contributed by atoms with Crippen molar-refractivity contribution in [2.45, 2.75) is 77.6 Å². The monoisotopic (exact) mass is 548 g/mol. The minimum absolute atomic E-state index is 0.0982. The van der Waals surface area contributed by atoms with Crippen molar-refractivity contribution < 1.29 is 9.47 Å². The van der Waals surface area contributed by atoms with E-state index < -0.39 is 0 Å². The van der Waals surface area contributed by atoms with Crippen LogP contribution in [-0.2, 0) is 24.7 Å². The second-order valence-electron chi connectivity index (χ2n) is 12.1. The fourth-order valence-corrected chi connectivity index (χ4v) is 5.64. The molecule has 0 saturated carbocycles. The van der Waals surface area contributed by atoms with Gasteiger partial charge in [0.2, 0.25) is 0 Å². The van der Waals surface area contributed by atoms with E-state index in [9.17, 15) is 0 Å². The first kappa shape index (κ1) is 30.4. The highest BCUT2D eigenvalue weighted by Crippen LogP contribution is 2.34. The van der Waals surface area contributed by atoms with Gasteiger partial charge >= 0.3 is 0 Å². The normalized spacial score (nSPS) is 12.2. The predicted octanol–water partition coefficient (Wildman–Crippen LogP) is 10.0. The minimum atomic E-state index is 0.0982. The van der Waals surface area contributed by atoms with Gasteiger partial charge in [0, 0.05) is 0 Å². The molecule has 0 bridgehead atoms. The molecule has 0 aliphatic heterocycles. The molecule has 0 amide bonds. The smallest absolute Gasteiger partial charge is 0.119 e. The number of hydrogen-bond donors (Lipinski definition) is 0. The lowest BCUT2D eigenvalue weighted by Gasteiger charge is -2.29. The maximum atomic E-state index is 6.13. The summed E-state index contributed by atoms with van der Waals surface area (Å²) in [6, 6.07) is 38.8. The van der Waals surface area contributed by atoms with E-state index in [4.69, 9.17) is 9.47 Å². The van der Waals surface area contributed by atoms with Crippen LogP contribution in [-0.4, -0.2) is 13.2 Å². The van der Waals surface area contributed by atoms with E-state index in [1.54, 1.807) is 0 Å². The number of ether oxygens (including phenoxy) is 2. The largest absolute Gasteiger partial charge is 0.494 e. The summed E-state index contributed by atoms with van der Waals surface area (Å²) in [6.45, 7) is 8.64. The molecule has 0 aliphatic carbocycles. The van der Waals surface area contributed by atoms with Gasteiger partial charge in [-0.2, -0.15) is 0 Å². The highest BCUT2D eigenvalue weighted by molar-refractivity contribution is 5.33. The van der Waals surface area contributed by atoms with Gasteiger partial charge in [-0.3, -0.25) is 0 Å². The quantitative estimate of drug-likeness (QED) is 0.122. The first-order valence-corrected chi connectivity index (χ1v) is 15.5. The first-order chi connectivity index (χ1) is 20.0. The summed E-state index contributed by atoms with van der Waals surface area (Å²) in [5, 5.41) is 0. The highest BCUT2D eigenvalue weighted by Gasteiger charge is 2.24. The van der Waals surface area contributed by atoms with E-state index in [1.807, 2.05) is 0 Å². The summed E-state index contributed by atoms with van der Waals surface area (Å²) in [5.41, 5.74) is 5.62. The molecular formula is C39H48O2. The third-order valence-electron chi connectivity index (χ3n) is 8.02. The van der Waals surface area contributed by atoms with Crippen LogP contribution in [0.1, 0.15) is 75.1 Å². The van der Waals surface area contributed by atoms with Crippen LogP contribution >= 0.6 is 0 Å². The lowest BCUT2D eigenvalue weighted by molar-refractivity contribution is 0.306. The van der Waals surface area contributed by atoms with Crippen molar-refractivity contribution in [2.24, 2.45) is 5.92 Å². The number of aryl methyl sites for hydroxylation is 3. The van der Waals surface area contributed by atoms with Crippen LogP contribution in [0.25, 0.3) is 0 Å². The van der Waals surface area contributed by atoms with Gasteiger partial charge < -0.3 is 9.47 Å². The second-order valence-corrected chi connectivity index (χ2v) is 12.1. The summed E-state index contributed by atoms with van der Waals surface area (Å²) < 4.78 is 12.1. The van der Waals surface area contributed by atoms with Crippen LogP contribution in [0, 0.1) is 5.92 Å². The van der Waals surface area contributed by atoms with Crippen molar-refractivity contribution in [3.05, 3.63) is 131 Å². The summed E-state index contributed by atoms with van der Waals surface area (Å²) in [7, 11) is 0. The van der Waals surface area contributed by atoms with E-state index >= 15 is 0 Å². The lowest BCUT2D eigenvalue weighted by atomic mass is 9.76. The van der Waals surface area contributed by atoms with Gasteiger partial charge in [-0.25, -0.2) is 0 Å². The van der Waals surface area contributed by atoms with Crippen LogP contribution in [0.3, 0.4) is 0 Å². The Kier molecular flexibility index (Phi) is 11.9. The van der Waals surface area contributed by atoms with Crippen LogP contribution in [0.5, 0.6) is 11.5 Å². The van der Waals surface area contributed by atoms with Gasteiger partial charge in [-0.05, 0) is 109 Å². The van der Waals surface area contributed by atoms with E-state index in [1.165, 1.54) is 28.7 Å². The summed E-state index contributed by atoms with van der Waals surface area (Å²) in [4.78, 5) is 0. The molecule has 0 aliphatic rings. The zero-order valence-corrected chi connectivity index (χ0v) is 25.4. The fraction of sp³-hybridized carbons (Fsp3) is 0.385. The molecule has 0 saturated heterocycles. The molecule has 0 spiro atoms. The molecule has 2 heteroatoms. The Morgan fingerprint density at radius 1 is 0.561 bits per heavy atom. The summed E-state index contributed by atoms with van der Waals surface area (Å²) in [6.07, 6.45) is 8.85. The molecule has 0 radical (unpaired) electrons. The van der Waals surface area contributed by atoms with Crippen molar-refractivity contribution in [1.29, 1.82) is 0 Å². The lowest BCUT2D eigenvalue weighted by Crippen LogP contribution is -2.21. The molecule has 216 valence electrons. The van der Waals surface area contributed by atoms with Crippen molar-refractivity contribution >= 4 is 0 Å². The zero-order chi connectivity index (χ0) is 28.8. The van der Waals surface area contributed by atoms with E-state index in [-0.39, 0.29) is 5.41 Å². The van der Waals surface area contributed by atoms with Crippen LogP contribution in [0.15, 0.2) is 109 Å². The van der Waals surface area contributed by atoms with Crippen LogP contribution in [0.2, 0.25) is 0 Å². The number of unbranched alkanes of at least 4 members (excludes halogenated alkanes) is 1. The predicted molar refractivity (Wildman–Crippen MR) is 173 cm³/mol. The third kappa shape index (κ3) is 10.8. The van der Waals surface area contributed by atoms with Gasteiger partial charge in [0.15, 0.2) is 0 Å². The topological polar surface area (TPSA) is 18.5 Å². The van der Waals surface area contributed by atoms with Crippen molar-refractivity contribution in [3.63, 3.8) is 0 Å². The standard InChI is InChI=1S/C39H48O2/c1-32(22-23-35-24-26-37(27-25-35)40-28-11-10-18-33-14-6-4-7-15-33)31-39(2,3)36-20-12-21-38(30-36)41-29-13-19-34-16-8-5-9-17-34/h4-9,12,14-17,20-21,24-27,30,32H,10-11,13,18-19,22-23,28-29,31H2,1-3H3. The molecule has 0 aromatic heterocycles. The van der Waals surface area contributed by atoms with Gasteiger partial charge in [0.1, 0.15) is 11.5 Å². The Morgan fingerprint density at radius 2 is 1.15 bits per heavy atom. The molecule has 0 fully saturated rings.